The molecule has 13 aromatic rings. The van der Waals surface area contributed by atoms with Crippen molar-refractivity contribution < 1.29 is 4.42 Å². The van der Waals surface area contributed by atoms with Crippen LogP contribution in [-0.2, 0) is 0 Å². The average Bonchev–Trinajstić information content (AvgIpc) is 3.88. The van der Waals surface area contributed by atoms with E-state index in [0.717, 1.165) is 21.9 Å². The van der Waals surface area contributed by atoms with E-state index >= 15 is 0 Å². The Balaban J connectivity index is 1.08. The fourth-order valence-electron chi connectivity index (χ4n) is 10.2. The summed E-state index contributed by atoms with van der Waals surface area (Å²) in [4.78, 5) is 0. The van der Waals surface area contributed by atoms with Crippen molar-refractivity contribution >= 4 is 98.8 Å². The van der Waals surface area contributed by atoms with Gasteiger partial charge in [-0.3, -0.25) is 0 Å². The molecule has 1 nitrogen and oxygen atoms in total. The molecule has 0 amide bonds. The molecule has 0 fully saturated rings. The number of fused-ring (bicyclic) bond motifs is 10. The summed E-state index contributed by atoms with van der Waals surface area (Å²) < 4.78 is 9.15. The molecule has 11 aromatic carbocycles. The van der Waals surface area contributed by atoms with Gasteiger partial charge < -0.3 is 0 Å². The Morgan fingerprint density at radius 3 is 1.30 bits per heavy atom. The predicted molar refractivity (Wildman–Crippen MR) is 257 cm³/mol. The van der Waals surface area contributed by atoms with Crippen LogP contribution < -0.4 is 0 Å². The first kappa shape index (κ1) is 33.7. The summed E-state index contributed by atoms with van der Waals surface area (Å²) in [6, 6.07) is 76.3. The number of furan rings is 1. The summed E-state index contributed by atoms with van der Waals surface area (Å²) in [6.45, 7) is 0. The molecule has 60 heavy (non-hydrogen) atoms. The molecule has 0 spiro atoms. The van der Waals surface area contributed by atoms with Crippen molar-refractivity contribution in [1.29, 1.82) is 0 Å². The van der Waals surface area contributed by atoms with Gasteiger partial charge in [0.1, 0.15) is 0 Å². The Morgan fingerprint density at radius 1 is 0.267 bits per heavy atom. The number of rotatable bonds is 4. The summed E-state index contributed by atoms with van der Waals surface area (Å²) in [5.41, 5.74) is 12.0. The molecule has 13 rings (SSSR count). The molecule has 0 radical (unpaired) electrons. The predicted octanol–water partition coefficient (Wildman–Crippen LogP) is 16.2. The Bertz CT molecular complexity index is 3770. The summed E-state index contributed by atoms with van der Waals surface area (Å²) in [7, 11) is 0. The van der Waals surface area contributed by atoms with Crippen LogP contribution in [0.15, 0.2) is 211 Å². The van der Waals surface area contributed by atoms with Gasteiger partial charge in [0.25, 0.3) is 0 Å². The van der Waals surface area contributed by atoms with Crippen LogP contribution >= 0.6 is 0 Å². The van der Waals surface area contributed by atoms with E-state index in [1.165, 1.54) is 107 Å². The maximum atomic E-state index is 6.27. The van der Waals surface area contributed by atoms with E-state index in [1.807, 2.05) is 6.07 Å². The van der Waals surface area contributed by atoms with E-state index in [0.29, 0.717) is 0 Å². The number of para-hydroxylation sites is 1. The van der Waals surface area contributed by atoms with Gasteiger partial charge in [-0.05, 0) is 6.07 Å². The molecule has 0 aliphatic rings. The third-order valence-electron chi connectivity index (χ3n) is 12.6. The standard InChI is InChI=1S/C58H34OSe/c1-2-15-35(16-3-1)54-39-18-4-6-20-41(39)56(42-21-7-5-19-40(42)54)37-30-32-52-49(34-37)58-47(26-14-28-53(58)60-52)57-45-24-10-8-22-43(45)55(44-23-9-11-25-46(44)57)36-29-31-51-48(33-36)38-17-12-13-27-50(38)59-51/h1-34H. The number of hydrogen-bond acceptors (Lipinski definition) is 1. The Kier molecular flexibility index (Phi) is 7.39. The van der Waals surface area contributed by atoms with Crippen molar-refractivity contribution in [2.45, 2.75) is 0 Å². The van der Waals surface area contributed by atoms with Gasteiger partial charge in [0, 0.05) is 0 Å². The molecule has 0 bridgehead atoms. The molecule has 0 aliphatic heterocycles. The monoisotopic (exact) mass is 826 g/mol. The van der Waals surface area contributed by atoms with E-state index in [9.17, 15) is 0 Å². The van der Waals surface area contributed by atoms with E-state index in [4.69, 9.17) is 4.42 Å². The Morgan fingerprint density at radius 2 is 0.717 bits per heavy atom. The van der Waals surface area contributed by atoms with Gasteiger partial charge in [-0.1, -0.05) is 12.1 Å². The fraction of sp³-hybridized carbons (Fsp3) is 0. The molecule has 278 valence electrons. The molecule has 2 heterocycles. The molecule has 0 unspecified atom stereocenters. The topological polar surface area (TPSA) is 13.1 Å². The average molecular weight is 826 g/mol. The fourth-order valence-corrected chi connectivity index (χ4v) is 12.5. The first-order chi connectivity index (χ1) is 29.8. The zero-order valence-electron chi connectivity index (χ0n) is 32.4. The Labute approximate surface area is 352 Å². The molecular weight excluding hydrogens is 792 g/mol. The summed E-state index contributed by atoms with van der Waals surface area (Å²) >= 11 is 0.189. The van der Waals surface area contributed by atoms with Gasteiger partial charge in [-0.2, -0.15) is 0 Å². The molecule has 0 saturated heterocycles. The van der Waals surface area contributed by atoms with Crippen LogP contribution in [0.25, 0.3) is 129 Å². The number of benzene rings is 11. The molecule has 2 aromatic heterocycles. The van der Waals surface area contributed by atoms with E-state index in [2.05, 4.69) is 200 Å². The first-order valence-electron chi connectivity index (χ1n) is 20.6. The van der Waals surface area contributed by atoms with Gasteiger partial charge >= 0.3 is 336 Å². The van der Waals surface area contributed by atoms with Crippen molar-refractivity contribution in [1.82, 2.24) is 0 Å². The summed E-state index contributed by atoms with van der Waals surface area (Å²) in [6.07, 6.45) is 0. The van der Waals surface area contributed by atoms with Crippen LogP contribution in [0.3, 0.4) is 0 Å². The van der Waals surface area contributed by atoms with Gasteiger partial charge in [0.15, 0.2) is 0 Å². The summed E-state index contributed by atoms with van der Waals surface area (Å²) in [5, 5.41) is 15.2. The van der Waals surface area contributed by atoms with Crippen LogP contribution in [0.5, 0.6) is 0 Å². The van der Waals surface area contributed by atoms with Crippen molar-refractivity contribution in [3.05, 3.63) is 206 Å². The number of hydrogen-bond donors (Lipinski definition) is 0. The molecule has 0 atom stereocenters. The van der Waals surface area contributed by atoms with E-state index in [-0.39, 0.29) is 14.5 Å². The minimum absolute atomic E-state index is 0.189. The van der Waals surface area contributed by atoms with Crippen molar-refractivity contribution in [2.24, 2.45) is 0 Å². The van der Waals surface area contributed by atoms with Crippen LogP contribution in [-0.4, -0.2) is 14.5 Å². The van der Waals surface area contributed by atoms with Gasteiger partial charge in [0.05, 0.1) is 0 Å². The van der Waals surface area contributed by atoms with E-state index in [1.54, 1.807) is 0 Å². The second-order valence-corrected chi connectivity index (χ2v) is 18.1. The van der Waals surface area contributed by atoms with Crippen molar-refractivity contribution in [3.8, 4) is 44.5 Å². The normalized spacial score (nSPS) is 12.0. The van der Waals surface area contributed by atoms with Gasteiger partial charge in [-0.15, -0.1) is 0 Å². The SMILES string of the molecule is c1ccc(-c2c3ccccc3c(-c3ccc4[se]c5cccc(-c6c7ccccc7c(-c7ccc8oc9ccccc9c8c7)c7ccccc67)c5c4c3)c3ccccc23)cc1. The maximum absolute atomic E-state index is 6.27. The minimum atomic E-state index is 0.189. The zero-order chi connectivity index (χ0) is 39.3. The first-order valence-corrected chi connectivity index (χ1v) is 22.3. The molecule has 0 N–H and O–H groups in total. The molecule has 2 heteroatoms. The molecular formula is C58H34OSe. The van der Waals surface area contributed by atoms with Crippen LogP contribution in [0, 0.1) is 0 Å². The molecule has 0 aliphatic carbocycles. The van der Waals surface area contributed by atoms with Gasteiger partial charge in [-0.25, -0.2) is 0 Å². The van der Waals surface area contributed by atoms with Gasteiger partial charge in [0.2, 0.25) is 0 Å². The third kappa shape index (κ3) is 4.93. The summed E-state index contributed by atoms with van der Waals surface area (Å²) in [5.74, 6) is 0. The van der Waals surface area contributed by atoms with E-state index < -0.39 is 0 Å². The van der Waals surface area contributed by atoms with Crippen molar-refractivity contribution in [2.75, 3.05) is 0 Å². The van der Waals surface area contributed by atoms with Crippen molar-refractivity contribution in [3.63, 3.8) is 0 Å². The molecule has 0 saturated carbocycles. The Hall–Kier alpha value is -7.22. The van der Waals surface area contributed by atoms with Crippen LogP contribution in [0.1, 0.15) is 0 Å². The van der Waals surface area contributed by atoms with Crippen LogP contribution in [0.4, 0.5) is 0 Å². The third-order valence-corrected chi connectivity index (χ3v) is 15.0. The van der Waals surface area contributed by atoms with Crippen LogP contribution in [0.2, 0.25) is 0 Å². The quantitative estimate of drug-likeness (QED) is 0.127. The second-order valence-electron chi connectivity index (χ2n) is 15.8. The second kappa shape index (κ2) is 13.1. The zero-order valence-corrected chi connectivity index (χ0v) is 34.2.